The van der Waals surface area contributed by atoms with Crippen LogP contribution in [0, 0.1) is 0 Å². The number of aromatic nitrogens is 4. The summed E-state index contributed by atoms with van der Waals surface area (Å²) in [4.78, 5) is 31.2. The molecule has 138 valence electrons. The molecule has 0 saturated carbocycles. The van der Waals surface area contributed by atoms with Crippen molar-refractivity contribution in [3.8, 4) is 10.4 Å². The van der Waals surface area contributed by atoms with Gasteiger partial charge >= 0.3 is 0 Å². The molecule has 0 fully saturated rings. The van der Waals surface area contributed by atoms with Gasteiger partial charge in [-0.05, 0) is 24.4 Å². The van der Waals surface area contributed by atoms with Gasteiger partial charge in [0.2, 0.25) is 0 Å². The summed E-state index contributed by atoms with van der Waals surface area (Å²) in [7, 11) is 0. The number of fused-ring (bicyclic) bond motifs is 2. The highest BCUT2D eigenvalue weighted by Crippen LogP contribution is 2.37. The Labute approximate surface area is 172 Å². The van der Waals surface area contributed by atoms with Crippen LogP contribution in [-0.4, -0.2) is 19.9 Å². The Hall–Kier alpha value is -2.55. The molecule has 4 heterocycles. The molecule has 1 N–H and O–H groups in total. The van der Waals surface area contributed by atoms with E-state index in [1.807, 2.05) is 54.1 Å². The molecule has 0 aliphatic heterocycles. The normalized spacial score (nSPS) is 12.6. The number of hydrogen-bond donors (Lipinski definition) is 1. The summed E-state index contributed by atoms with van der Waals surface area (Å²) >= 11 is 4.70. The van der Waals surface area contributed by atoms with E-state index >= 15 is 0 Å². The van der Waals surface area contributed by atoms with Crippen molar-refractivity contribution in [1.82, 2.24) is 19.9 Å². The summed E-state index contributed by atoms with van der Waals surface area (Å²) in [5, 5.41) is 6.52. The quantitative estimate of drug-likeness (QED) is 0.305. The third-order valence-electron chi connectivity index (χ3n) is 4.43. The number of benzene rings is 1. The fraction of sp³-hybridized carbons (Fsp3) is 0.100. The molecule has 1 atom stereocenters. The van der Waals surface area contributed by atoms with Gasteiger partial charge in [0, 0.05) is 21.2 Å². The Morgan fingerprint density at radius 3 is 2.86 bits per heavy atom. The topological polar surface area (TPSA) is 71.5 Å². The van der Waals surface area contributed by atoms with Gasteiger partial charge in [0.05, 0.1) is 16.2 Å². The van der Waals surface area contributed by atoms with E-state index in [1.165, 1.54) is 11.3 Å². The first-order chi connectivity index (χ1) is 13.7. The van der Waals surface area contributed by atoms with Crippen LogP contribution in [0.1, 0.15) is 18.0 Å². The Bertz CT molecular complexity index is 1340. The molecule has 1 unspecified atom stereocenters. The zero-order chi connectivity index (χ0) is 19.1. The van der Waals surface area contributed by atoms with Crippen molar-refractivity contribution in [3.05, 3.63) is 69.7 Å². The molecule has 5 rings (SSSR count). The fourth-order valence-corrected chi connectivity index (χ4v) is 5.80. The van der Waals surface area contributed by atoms with Gasteiger partial charge in [0.15, 0.2) is 0 Å². The first-order valence-electron chi connectivity index (χ1n) is 8.62. The Kier molecular flexibility index (Phi) is 4.46. The van der Waals surface area contributed by atoms with E-state index in [9.17, 15) is 4.79 Å². The van der Waals surface area contributed by atoms with Crippen molar-refractivity contribution >= 4 is 55.6 Å². The number of nitrogens with zero attached hydrogens (tertiary/aromatic N) is 3. The average molecular weight is 423 g/mol. The lowest BCUT2D eigenvalue weighted by atomic mass is 10.2. The van der Waals surface area contributed by atoms with Gasteiger partial charge in [-0.2, -0.15) is 0 Å². The first-order valence-corrected chi connectivity index (χ1v) is 11.3. The summed E-state index contributed by atoms with van der Waals surface area (Å²) in [6.45, 7) is 2.03. The van der Waals surface area contributed by atoms with Crippen LogP contribution in [0.4, 0.5) is 0 Å². The monoisotopic (exact) mass is 422 g/mol. The number of nitrogens with one attached hydrogen (secondary N) is 1. The zero-order valence-corrected chi connectivity index (χ0v) is 17.2. The second kappa shape index (κ2) is 7.12. The maximum atomic E-state index is 12.8. The highest BCUT2D eigenvalue weighted by molar-refractivity contribution is 7.99. The summed E-state index contributed by atoms with van der Waals surface area (Å²) in [6, 6.07) is 11.9. The van der Waals surface area contributed by atoms with Crippen molar-refractivity contribution < 1.29 is 0 Å². The molecule has 0 radical (unpaired) electrons. The molecule has 0 bridgehead atoms. The van der Waals surface area contributed by atoms with Gasteiger partial charge in [0.1, 0.15) is 22.0 Å². The number of para-hydroxylation sites is 1. The number of hydrogen-bond acceptors (Lipinski definition) is 7. The average Bonchev–Trinajstić information content (AvgIpc) is 3.38. The number of aromatic amines is 1. The van der Waals surface area contributed by atoms with Crippen LogP contribution in [0.3, 0.4) is 0 Å². The van der Waals surface area contributed by atoms with Gasteiger partial charge in [-0.3, -0.25) is 4.79 Å². The summed E-state index contributed by atoms with van der Waals surface area (Å²) < 4.78 is 0. The summed E-state index contributed by atoms with van der Waals surface area (Å²) in [5.74, 6) is 0.657. The molecule has 0 spiro atoms. The molecule has 1 aromatic carbocycles. The molecular formula is C20H14N4OS3. The van der Waals surface area contributed by atoms with Gasteiger partial charge in [0.25, 0.3) is 5.56 Å². The highest BCUT2D eigenvalue weighted by atomic mass is 32.2. The van der Waals surface area contributed by atoms with Crippen LogP contribution in [-0.2, 0) is 0 Å². The molecule has 0 amide bonds. The minimum absolute atomic E-state index is 0.0531. The van der Waals surface area contributed by atoms with E-state index in [0.717, 1.165) is 31.2 Å². The van der Waals surface area contributed by atoms with Crippen LogP contribution >= 0.6 is 34.4 Å². The van der Waals surface area contributed by atoms with Crippen LogP contribution in [0.2, 0.25) is 0 Å². The number of H-pyrrole nitrogens is 1. The van der Waals surface area contributed by atoms with Crippen LogP contribution in [0.15, 0.2) is 63.3 Å². The largest absolute Gasteiger partial charge is 0.309 e. The van der Waals surface area contributed by atoms with Crippen molar-refractivity contribution in [2.45, 2.75) is 17.2 Å². The molecule has 0 aliphatic rings. The molecule has 8 heteroatoms. The predicted octanol–water partition coefficient (Wildman–Crippen LogP) is 5.51. The first kappa shape index (κ1) is 17.5. The lowest BCUT2D eigenvalue weighted by molar-refractivity contribution is 0.922. The molecule has 28 heavy (non-hydrogen) atoms. The molecule has 5 aromatic rings. The molecule has 5 nitrogen and oxygen atoms in total. The Morgan fingerprint density at radius 1 is 1.11 bits per heavy atom. The minimum atomic E-state index is -0.0929. The number of rotatable bonds is 4. The van der Waals surface area contributed by atoms with E-state index in [0.29, 0.717) is 11.2 Å². The van der Waals surface area contributed by atoms with Gasteiger partial charge in [-0.1, -0.05) is 36.0 Å². The van der Waals surface area contributed by atoms with E-state index in [2.05, 4.69) is 15.0 Å². The van der Waals surface area contributed by atoms with Gasteiger partial charge in [-0.15, -0.1) is 22.7 Å². The zero-order valence-electron chi connectivity index (χ0n) is 14.7. The third-order valence-corrected chi connectivity index (χ3v) is 7.33. The van der Waals surface area contributed by atoms with E-state index in [-0.39, 0.29) is 10.8 Å². The second-order valence-electron chi connectivity index (χ2n) is 6.21. The number of thioether (sulfide) groups is 1. The smallest absolute Gasteiger partial charge is 0.260 e. The van der Waals surface area contributed by atoms with Gasteiger partial charge < -0.3 is 4.98 Å². The van der Waals surface area contributed by atoms with Crippen molar-refractivity contribution in [2.75, 3.05) is 0 Å². The second-order valence-corrected chi connectivity index (χ2v) is 9.35. The SMILES string of the molecule is CC(Sc1ncnc2ccccc12)c1nc2scc(-c3cccs3)c2c(=O)[nH]1. The van der Waals surface area contributed by atoms with Gasteiger partial charge in [-0.25, -0.2) is 15.0 Å². The molecule has 0 aliphatic carbocycles. The maximum absolute atomic E-state index is 12.8. The number of thiophene rings is 2. The Balaban J connectivity index is 1.53. The lowest BCUT2D eigenvalue weighted by Crippen LogP contribution is -2.12. The molecule has 4 aromatic heterocycles. The van der Waals surface area contributed by atoms with Crippen LogP contribution in [0.25, 0.3) is 31.6 Å². The highest BCUT2D eigenvalue weighted by Gasteiger charge is 2.18. The van der Waals surface area contributed by atoms with Crippen LogP contribution in [0.5, 0.6) is 0 Å². The van der Waals surface area contributed by atoms with Crippen molar-refractivity contribution in [1.29, 1.82) is 0 Å². The van der Waals surface area contributed by atoms with Crippen molar-refractivity contribution in [2.24, 2.45) is 0 Å². The predicted molar refractivity (Wildman–Crippen MR) is 117 cm³/mol. The molecule has 0 saturated heterocycles. The van der Waals surface area contributed by atoms with E-state index in [4.69, 9.17) is 4.98 Å². The third kappa shape index (κ3) is 3.03. The van der Waals surface area contributed by atoms with Crippen LogP contribution < -0.4 is 5.56 Å². The summed E-state index contributed by atoms with van der Waals surface area (Å²) in [5.41, 5.74) is 1.77. The fourth-order valence-electron chi connectivity index (χ4n) is 3.07. The maximum Gasteiger partial charge on any atom is 0.260 e. The minimum Gasteiger partial charge on any atom is -0.309 e. The Morgan fingerprint density at radius 2 is 2.00 bits per heavy atom. The lowest BCUT2D eigenvalue weighted by Gasteiger charge is -2.11. The standard InChI is InChI=1S/C20H14N4OS3/c1-11(28-19-12-5-2-3-6-14(12)21-10-22-19)17-23-18(25)16-13(9-27-20(16)24-17)15-7-4-8-26-15/h2-11H,1H3,(H,23,24,25). The summed E-state index contributed by atoms with van der Waals surface area (Å²) in [6.07, 6.45) is 1.57. The molecular weight excluding hydrogens is 408 g/mol. The van der Waals surface area contributed by atoms with E-state index in [1.54, 1.807) is 29.4 Å². The van der Waals surface area contributed by atoms with Crippen molar-refractivity contribution in [3.63, 3.8) is 0 Å². The van der Waals surface area contributed by atoms with E-state index < -0.39 is 0 Å².